The molecule has 0 unspecified atom stereocenters. The second kappa shape index (κ2) is 8.51. The number of ketones is 1. The standard InChI is InChI=1S/C33H34O3/c1-32(2,3)25-18-23(19-26(30(25)35)33(4,5)6)28-24-13-9-10-14-27(24)36-31(28)29(34)22-16-15-20-11-7-8-12-21(20)17-22/h7-19,28,31,35H,1-6H3/t28-,31-/m0/s1. The van der Waals surface area contributed by atoms with Gasteiger partial charge in [-0.05, 0) is 50.4 Å². The summed E-state index contributed by atoms with van der Waals surface area (Å²) in [5, 5.41) is 13.4. The summed E-state index contributed by atoms with van der Waals surface area (Å²) in [6, 6.07) is 26.0. The second-order valence-corrected chi connectivity index (χ2v) is 11.9. The molecule has 0 aliphatic carbocycles. The molecule has 4 aromatic rings. The van der Waals surface area contributed by atoms with Gasteiger partial charge in [0.15, 0.2) is 6.10 Å². The predicted molar refractivity (Wildman–Crippen MR) is 146 cm³/mol. The van der Waals surface area contributed by atoms with Crippen molar-refractivity contribution in [2.45, 2.75) is 64.4 Å². The summed E-state index contributed by atoms with van der Waals surface area (Å²) < 4.78 is 6.37. The van der Waals surface area contributed by atoms with Gasteiger partial charge in [-0.25, -0.2) is 0 Å². The van der Waals surface area contributed by atoms with Crippen LogP contribution in [0.1, 0.15) is 80.1 Å². The summed E-state index contributed by atoms with van der Waals surface area (Å²) in [7, 11) is 0. The van der Waals surface area contributed by atoms with Gasteiger partial charge in [-0.3, -0.25) is 4.79 Å². The number of ether oxygens (including phenoxy) is 1. The minimum atomic E-state index is -0.686. The maximum Gasteiger partial charge on any atom is 0.204 e. The van der Waals surface area contributed by atoms with Crippen molar-refractivity contribution in [1.29, 1.82) is 0 Å². The molecule has 1 aliphatic rings. The molecule has 3 heteroatoms. The van der Waals surface area contributed by atoms with Crippen LogP contribution in [0.25, 0.3) is 10.8 Å². The molecule has 0 spiro atoms. The highest BCUT2D eigenvalue weighted by Gasteiger charge is 2.42. The van der Waals surface area contributed by atoms with E-state index in [1.54, 1.807) is 0 Å². The number of aromatic hydroxyl groups is 1. The maximum absolute atomic E-state index is 14.0. The number of carbonyl (C=O) groups excluding carboxylic acids is 1. The van der Waals surface area contributed by atoms with E-state index >= 15 is 0 Å². The van der Waals surface area contributed by atoms with Crippen LogP contribution in [-0.4, -0.2) is 17.0 Å². The Labute approximate surface area is 213 Å². The van der Waals surface area contributed by atoms with Crippen LogP contribution in [0, 0.1) is 0 Å². The van der Waals surface area contributed by atoms with E-state index in [-0.39, 0.29) is 22.5 Å². The first-order chi connectivity index (χ1) is 16.9. The molecule has 1 N–H and O–H groups in total. The van der Waals surface area contributed by atoms with Crippen LogP contribution in [0.2, 0.25) is 0 Å². The van der Waals surface area contributed by atoms with Crippen LogP contribution in [0.4, 0.5) is 0 Å². The normalized spacial score (nSPS) is 17.6. The third-order valence-electron chi connectivity index (χ3n) is 7.21. The quantitative estimate of drug-likeness (QED) is 0.304. The Balaban J connectivity index is 1.68. The van der Waals surface area contributed by atoms with Crippen LogP contribution in [0.5, 0.6) is 11.5 Å². The van der Waals surface area contributed by atoms with E-state index in [0.717, 1.165) is 38.8 Å². The highest BCUT2D eigenvalue weighted by atomic mass is 16.5. The maximum atomic E-state index is 14.0. The molecule has 0 bridgehead atoms. The fraction of sp³-hybridized carbons (Fsp3) is 0.303. The number of Topliss-reactive ketones (excluding diaryl/α,β-unsaturated/α-hetero) is 1. The van der Waals surface area contributed by atoms with E-state index in [0.29, 0.717) is 11.3 Å². The van der Waals surface area contributed by atoms with Crippen LogP contribution in [0.3, 0.4) is 0 Å². The summed E-state index contributed by atoms with van der Waals surface area (Å²) >= 11 is 0. The van der Waals surface area contributed by atoms with Crippen molar-refractivity contribution in [1.82, 2.24) is 0 Å². The lowest BCUT2D eigenvalue weighted by Crippen LogP contribution is -2.30. The third-order valence-corrected chi connectivity index (χ3v) is 7.21. The van der Waals surface area contributed by atoms with Crippen molar-refractivity contribution in [2.75, 3.05) is 0 Å². The van der Waals surface area contributed by atoms with Crippen molar-refractivity contribution in [3.8, 4) is 11.5 Å². The van der Waals surface area contributed by atoms with Crippen molar-refractivity contribution >= 4 is 16.6 Å². The predicted octanol–water partition coefficient (Wildman–Crippen LogP) is 7.92. The molecule has 0 saturated heterocycles. The topological polar surface area (TPSA) is 46.5 Å². The summed E-state index contributed by atoms with van der Waals surface area (Å²) in [4.78, 5) is 14.0. The van der Waals surface area contributed by atoms with Gasteiger partial charge in [-0.2, -0.15) is 0 Å². The van der Waals surface area contributed by atoms with Gasteiger partial charge < -0.3 is 9.84 Å². The van der Waals surface area contributed by atoms with E-state index in [1.165, 1.54) is 0 Å². The fourth-order valence-corrected chi connectivity index (χ4v) is 5.26. The molecular formula is C33H34O3. The van der Waals surface area contributed by atoms with Gasteiger partial charge in [0.2, 0.25) is 5.78 Å². The Bertz CT molecular complexity index is 1430. The zero-order chi connectivity index (χ0) is 25.8. The molecule has 36 heavy (non-hydrogen) atoms. The van der Waals surface area contributed by atoms with Gasteiger partial charge in [0.1, 0.15) is 11.5 Å². The Morgan fingerprint density at radius 1 is 0.750 bits per heavy atom. The molecule has 0 aromatic heterocycles. The lowest BCUT2D eigenvalue weighted by atomic mass is 9.75. The van der Waals surface area contributed by atoms with Crippen molar-refractivity contribution in [2.24, 2.45) is 0 Å². The molecule has 1 heterocycles. The fourth-order valence-electron chi connectivity index (χ4n) is 5.26. The first-order valence-corrected chi connectivity index (χ1v) is 12.6. The molecule has 0 amide bonds. The van der Waals surface area contributed by atoms with Crippen molar-refractivity contribution in [3.63, 3.8) is 0 Å². The lowest BCUT2D eigenvalue weighted by Gasteiger charge is -2.30. The molecule has 0 saturated carbocycles. The Morgan fingerprint density at radius 3 is 1.97 bits per heavy atom. The number of phenols is 1. The Morgan fingerprint density at radius 2 is 1.33 bits per heavy atom. The van der Waals surface area contributed by atoms with Crippen molar-refractivity contribution < 1.29 is 14.6 Å². The number of fused-ring (bicyclic) bond motifs is 2. The number of para-hydroxylation sites is 1. The Hall–Kier alpha value is -3.59. The first kappa shape index (κ1) is 24.1. The van der Waals surface area contributed by atoms with E-state index in [1.807, 2.05) is 66.7 Å². The Kier molecular flexibility index (Phi) is 5.70. The summed E-state index contributed by atoms with van der Waals surface area (Å²) in [6.45, 7) is 12.6. The number of benzene rings is 4. The van der Waals surface area contributed by atoms with Gasteiger partial charge in [-0.1, -0.05) is 108 Å². The molecule has 0 fully saturated rings. The molecule has 1 aliphatic heterocycles. The molecular weight excluding hydrogens is 444 g/mol. The van der Waals surface area contributed by atoms with Crippen LogP contribution >= 0.6 is 0 Å². The summed E-state index contributed by atoms with van der Waals surface area (Å²) in [6.07, 6.45) is -0.686. The third kappa shape index (κ3) is 4.17. The molecule has 5 rings (SSSR count). The average Bonchev–Trinajstić information content (AvgIpc) is 3.21. The van der Waals surface area contributed by atoms with Gasteiger partial charge in [-0.15, -0.1) is 0 Å². The van der Waals surface area contributed by atoms with Gasteiger partial charge in [0, 0.05) is 11.1 Å². The molecule has 4 aromatic carbocycles. The average molecular weight is 479 g/mol. The minimum Gasteiger partial charge on any atom is -0.507 e. The zero-order valence-electron chi connectivity index (χ0n) is 21.9. The summed E-state index contributed by atoms with van der Waals surface area (Å²) in [5.41, 5.74) is 3.86. The van der Waals surface area contributed by atoms with E-state index in [9.17, 15) is 9.90 Å². The lowest BCUT2D eigenvalue weighted by molar-refractivity contribution is 0.0807. The van der Waals surface area contributed by atoms with E-state index in [4.69, 9.17) is 4.74 Å². The molecule has 0 radical (unpaired) electrons. The molecule has 2 atom stereocenters. The van der Waals surface area contributed by atoms with Gasteiger partial charge in [0.05, 0.1) is 5.92 Å². The number of rotatable bonds is 3. The number of hydrogen-bond acceptors (Lipinski definition) is 3. The number of phenolic OH excluding ortho intramolecular Hbond substituents is 1. The minimum absolute atomic E-state index is 0.0374. The first-order valence-electron chi connectivity index (χ1n) is 12.6. The van der Waals surface area contributed by atoms with E-state index < -0.39 is 6.10 Å². The largest absolute Gasteiger partial charge is 0.507 e. The van der Waals surface area contributed by atoms with Gasteiger partial charge in [0.25, 0.3) is 0 Å². The van der Waals surface area contributed by atoms with Crippen molar-refractivity contribution in [3.05, 3.63) is 107 Å². The second-order valence-electron chi connectivity index (χ2n) is 11.9. The molecule has 184 valence electrons. The van der Waals surface area contributed by atoms with Crippen LogP contribution in [-0.2, 0) is 10.8 Å². The summed E-state index contributed by atoms with van der Waals surface area (Å²) in [5.74, 6) is 0.764. The monoisotopic (exact) mass is 478 g/mol. The highest BCUT2D eigenvalue weighted by Crippen LogP contribution is 2.47. The van der Waals surface area contributed by atoms with E-state index in [2.05, 4.69) is 53.7 Å². The highest BCUT2D eigenvalue weighted by molar-refractivity contribution is 6.04. The number of hydrogen-bond donors (Lipinski definition) is 1. The van der Waals surface area contributed by atoms with Crippen LogP contribution < -0.4 is 4.74 Å². The molecule has 3 nitrogen and oxygen atoms in total. The number of carbonyl (C=O) groups is 1. The van der Waals surface area contributed by atoms with Gasteiger partial charge >= 0.3 is 0 Å². The SMILES string of the molecule is CC(C)(C)c1cc([C@H]2c3ccccc3O[C@@H]2C(=O)c2ccc3ccccc3c2)cc(C(C)(C)C)c1O. The zero-order valence-corrected chi connectivity index (χ0v) is 21.9. The smallest absolute Gasteiger partial charge is 0.204 e. The van der Waals surface area contributed by atoms with Crippen LogP contribution in [0.15, 0.2) is 78.9 Å².